The van der Waals surface area contributed by atoms with Crippen LogP contribution in [0.3, 0.4) is 0 Å². The minimum atomic E-state index is -2.90. The summed E-state index contributed by atoms with van der Waals surface area (Å²) in [4.78, 5) is 0. The predicted molar refractivity (Wildman–Crippen MR) is 45.9 cm³/mol. The molecule has 0 aliphatic heterocycles. The number of anilines is 1. The molecule has 0 fully saturated rings. The van der Waals surface area contributed by atoms with Gasteiger partial charge in [0.05, 0.1) is 5.69 Å². The Labute approximate surface area is 78.4 Å². The summed E-state index contributed by atoms with van der Waals surface area (Å²) in [6, 6.07) is 4.37. The first-order chi connectivity index (χ1) is 6.15. The van der Waals surface area contributed by atoms with Crippen molar-refractivity contribution in [2.75, 3.05) is 5.43 Å². The molecule has 13 heavy (non-hydrogen) atoms. The molecular weight excluding hydrogens is 202 g/mol. The Balaban J connectivity index is 2.94. The molecule has 0 atom stereocenters. The minimum absolute atomic E-state index is 0.0327. The van der Waals surface area contributed by atoms with Crippen molar-refractivity contribution >= 4 is 17.3 Å². The third-order valence-corrected chi connectivity index (χ3v) is 1.72. The maximum absolute atomic E-state index is 11.8. The van der Waals surface area contributed by atoms with Crippen LogP contribution < -0.4 is 16.0 Å². The lowest BCUT2D eigenvalue weighted by Crippen LogP contribution is -2.08. The van der Waals surface area contributed by atoms with Crippen molar-refractivity contribution in [3.8, 4) is 5.75 Å². The van der Waals surface area contributed by atoms with Gasteiger partial charge in [-0.05, 0) is 12.1 Å². The van der Waals surface area contributed by atoms with Crippen LogP contribution in [0.5, 0.6) is 5.75 Å². The van der Waals surface area contributed by atoms with Gasteiger partial charge in [0.1, 0.15) is 10.8 Å². The number of hydrazine groups is 1. The van der Waals surface area contributed by atoms with E-state index >= 15 is 0 Å². The summed E-state index contributed by atoms with van der Waals surface area (Å²) in [5.74, 6) is 4.97. The third-order valence-electron chi connectivity index (χ3n) is 1.33. The first-order valence-electron chi connectivity index (χ1n) is 3.35. The van der Waals surface area contributed by atoms with Crippen LogP contribution in [0.4, 0.5) is 14.5 Å². The summed E-state index contributed by atoms with van der Waals surface area (Å²) in [5.41, 5.74) is 2.59. The van der Waals surface area contributed by atoms with Crippen molar-refractivity contribution in [3.63, 3.8) is 0 Å². The number of benzene rings is 1. The predicted octanol–water partition coefficient (Wildman–Crippen LogP) is 2.23. The zero-order chi connectivity index (χ0) is 9.84. The van der Waals surface area contributed by atoms with E-state index in [4.69, 9.17) is 17.4 Å². The molecule has 0 amide bonds. The molecular formula is C7H7ClF2N2O. The van der Waals surface area contributed by atoms with E-state index in [1.165, 1.54) is 12.1 Å². The highest BCUT2D eigenvalue weighted by Gasteiger charge is 2.10. The molecule has 3 N–H and O–H groups in total. The molecule has 0 unspecified atom stereocenters. The molecule has 1 aromatic rings. The normalized spacial score (nSPS) is 10.2. The van der Waals surface area contributed by atoms with Crippen LogP contribution in [-0.4, -0.2) is 6.61 Å². The highest BCUT2D eigenvalue weighted by Crippen LogP contribution is 2.32. The molecule has 0 radical (unpaired) electrons. The van der Waals surface area contributed by atoms with Crippen LogP contribution in [0, 0.1) is 0 Å². The molecule has 0 aliphatic carbocycles. The average Bonchev–Trinajstić information content (AvgIpc) is 2.08. The van der Waals surface area contributed by atoms with Crippen molar-refractivity contribution in [1.82, 2.24) is 0 Å². The van der Waals surface area contributed by atoms with E-state index in [0.29, 0.717) is 5.69 Å². The summed E-state index contributed by atoms with van der Waals surface area (Å²) in [6.07, 6.45) is 0. The van der Waals surface area contributed by atoms with Crippen molar-refractivity contribution < 1.29 is 13.5 Å². The van der Waals surface area contributed by atoms with E-state index in [9.17, 15) is 8.78 Å². The highest BCUT2D eigenvalue weighted by atomic mass is 35.5. The van der Waals surface area contributed by atoms with Crippen LogP contribution in [0.1, 0.15) is 0 Å². The van der Waals surface area contributed by atoms with Crippen molar-refractivity contribution in [2.45, 2.75) is 6.61 Å². The van der Waals surface area contributed by atoms with Crippen LogP contribution in [0.15, 0.2) is 18.2 Å². The Bertz CT molecular complexity index is 296. The number of hydrogen-bond acceptors (Lipinski definition) is 3. The quantitative estimate of drug-likeness (QED) is 0.592. The Morgan fingerprint density at radius 2 is 2.15 bits per heavy atom. The molecule has 0 aromatic heterocycles. The van der Waals surface area contributed by atoms with Gasteiger partial charge in [-0.15, -0.1) is 0 Å². The molecule has 0 saturated carbocycles. The molecule has 3 nitrogen and oxygen atoms in total. The molecule has 0 saturated heterocycles. The van der Waals surface area contributed by atoms with E-state index < -0.39 is 6.61 Å². The Morgan fingerprint density at radius 3 is 2.69 bits per heavy atom. The Kier molecular flexibility index (Phi) is 3.27. The van der Waals surface area contributed by atoms with Gasteiger partial charge in [0.2, 0.25) is 0 Å². The Morgan fingerprint density at radius 1 is 1.46 bits per heavy atom. The zero-order valence-electron chi connectivity index (χ0n) is 6.43. The summed E-state index contributed by atoms with van der Waals surface area (Å²) in [5, 5.41) is 0.0327. The van der Waals surface area contributed by atoms with E-state index in [-0.39, 0.29) is 10.8 Å². The van der Waals surface area contributed by atoms with Crippen LogP contribution in [-0.2, 0) is 0 Å². The SMILES string of the molecule is NNc1cccc(OC(F)F)c1Cl. The molecule has 72 valence electrons. The highest BCUT2D eigenvalue weighted by molar-refractivity contribution is 6.34. The molecule has 0 heterocycles. The topological polar surface area (TPSA) is 47.3 Å². The number of alkyl halides is 2. The minimum Gasteiger partial charge on any atom is -0.433 e. The monoisotopic (exact) mass is 208 g/mol. The number of nitrogens with one attached hydrogen (secondary N) is 1. The maximum Gasteiger partial charge on any atom is 0.387 e. The third kappa shape index (κ3) is 2.43. The van der Waals surface area contributed by atoms with Crippen molar-refractivity contribution in [2.24, 2.45) is 5.84 Å². The Hall–Kier alpha value is -1.07. The zero-order valence-corrected chi connectivity index (χ0v) is 7.18. The lowest BCUT2D eigenvalue weighted by atomic mass is 10.3. The van der Waals surface area contributed by atoms with Crippen LogP contribution >= 0.6 is 11.6 Å². The summed E-state index contributed by atoms with van der Waals surface area (Å²) >= 11 is 5.65. The number of rotatable bonds is 3. The van der Waals surface area contributed by atoms with Gasteiger partial charge in [-0.1, -0.05) is 17.7 Å². The first kappa shape index (κ1) is 10.0. The van der Waals surface area contributed by atoms with E-state index in [0.717, 1.165) is 0 Å². The standard InChI is InChI=1S/C7H7ClF2N2O/c8-6-4(12-11)2-1-3-5(6)13-7(9)10/h1-3,7,12H,11H2. The summed E-state index contributed by atoms with van der Waals surface area (Å²) in [6.45, 7) is -2.90. The van der Waals surface area contributed by atoms with Crippen LogP contribution in [0.2, 0.25) is 5.02 Å². The van der Waals surface area contributed by atoms with Crippen molar-refractivity contribution in [3.05, 3.63) is 23.2 Å². The fraction of sp³-hybridized carbons (Fsp3) is 0.143. The molecule has 1 aromatic carbocycles. The first-order valence-corrected chi connectivity index (χ1v) is 3.73. The lowest BCUT2D eigenvalue weighted by molar-refractivity contribution is -0.0497. The van der Waals surface area contributed by atoms with Crippen LogP contribution in [0.25, 0.3) is 0 Å². The van der Waals surface area contributed by atoms with E-state index in [2.05, 4.69) is 10.2 Å². The van der Waals surface area contributed by atoms with Gasteiger partial charge < -0.3 is 10.2 Å². The molecule has 1 rings (SSSR count). The summed E-state index contributed by atoms with van der Waals surface area (Å²) < 4.78 is 27.7. The van der Waals surface area contributed by atoms with Gasteiger partial charge in [-0.25, -0.2) is 0 Å². The maximum atomic E-state index is 11.8. The van der Waals surface area contributed by atoms with Gasteiger partial charge in [-0.3, -0.25) is 5.84 Å². The fourth-order valence-corrected chi connectivity index (χ4v) is 1.03. The number of ether oxygens (including phenoxy) is 1. The molecule has 6 heteroatoms. The van der Waals surface area contributed by atoms with E-state index in [1.54, 1.807) is 6.07 Å². The molecule has 0 spiro atoms. The van der Waals surface area contributed by atoms with E-state index in [1.807, 2.05) is 0 Å². The fourth-order valence-electron chi connectivity index (χ4n) is 0.809. The van der Waals surface area contributed by atoms with Gasteiger partial charge in [-0.2, -0.15) is 8.78 Å². The molecule has 0 bridgehead atoms. The number of nitrogen functional groups attached to an aromatic ring is 1. The van der Waals surface area contributed by atoms with Gasteiger partial charge in [0, 0.05) is 0 Å². The number of hydrogen-bond donors (Lipinski definition) is 2. The number of halogens is 3. The second-order valence-electron chi connectivity index (χ2n) is 2.14. The lowest BCUT2D eigenvalue weighted by Gasteiger charge is -2.09. The smallest absolute Gasteiger partial charge is 0.387 e. The second kappa shape index (κ2) is 4.25. The van der Waals surface area contributed by atoms with Crippen molar-refractivity contribution in [1.29, 1.82) is 0 Å². The van der Waals surface area contributed by atoms with Gasteiger partial charge in [0.25, 0.3) is 0 Å². The largest absolute Gasteiger partial charge is 0.433 e. The average molecular weight is 209 g/mol. The second-order valence-corrected chi connectivity index (χ2v) is 2.52. The van der Waals surface area contributed by atoms with Gasteiger partial charge in [0.15, 0.2) is 0 Å². The summed E-state index contributed by atoms with van der Waals surface area (Å²) in [7, 11) is 0. The van der Waals surface area contributed by atoms with Gasteiger partial charge >= 0.3 is 6.61 Å². The number of nitrogens with two attached hydrogens (primary N) is 1. The molecule has 0 aliphatic rings.